The summed E-state index contributed by atoms with van der Waals surface area (Å²) in [6.45, 7) is 0.650. The highest BCUT2D eigenvalue weighted by atomic mass is 79.9. The third kappa shape index (κ3) is 2.84. The van der Waals surface area contributed by atoms with Gasteiger partial charge in [0.1, 0.15) is 5.60 Å². The summed E-state index contributed by atoms with van der Waals surface area (Å²) in [5.74, 6) is 1.45. The van der Waals surface area contributed by atoms with Gasteiger partial charge in [-0.1, -0.05) is 39.7 Å². The van der Waals surface area contributed by atoms with Gasteiger partial charge in [-0.3, -0.25) is 0 Å². The fourth-order valence-corrected chi connectivity index (χ4v) is 3.98. The molecule has 0 fully saturated rings. The van der Waals surface area contributed by atoms with Gasteiger partial charge in [0.25, 0.3) is 0 Å². The normalized spacial score (nSPS) is 20.0. The lowest BCUT2D eigenvalue weighted by Crippen LogP contribution is -2.38. The zero-order valence-corrected chi connectivity index (χ0v) is 15.4. The highest BCUT2D eigenvalue weighted by Crippen LogP contribution is 2.44. The van der Waals surface area contributed by atoms with Crippen LogP contribution in [0.3, 0.4) is 0 Å². The number of benzene rings is 2. The molecule has 5 heteroatoms. The first-order valence-electron chi connectivity index (χ1n) is 7.36. The van der Waals surface area contributed by atoms with Crippen molar-refractivity contribution < 1.29 is 14.2 Å². The predicted molar refractivity (Wildman–Crippen MR) is 95.2 cm³/mol. The molecule has 23 heavy (non-hydrogen) atoms. The Labute approximate surface area is 149 Å². The molecule has 1 unspecified atom stereocenters. The highest BCUT2D eigenvalue weighted by Gasteiger charge is 2.39. The summed E-state index contributed by atoms with van der Waals surface area (Å²) in [5, 5.41) is 1.35. The van der Waals surface area contributed by atoms with E-state index in [-0.39, 0.29) is 0 Å². The zero-order chi connectivity index (χ0) is 16.4. The first-order valence-corrected chi connectivity index (χ1v) is 8.86. The average Bonchev–Trinajstić information content (AvgIpc) is 2.60. The smallest absolute Gasteiger partial charge is 0.161 e. The van der Waals surface area contributed by atoms with Crippen molar-refractivity contribution in [2.24, 2.45) is 0 Å². The van der Waals surface area contributed by atoms with E-state index in [4.69, 9.17) is 25.8 Å². The average molecular weight is 398 g/mol. The van der Waals surface area contributed by atoms with Crippen LogP contribution in [-0.4, -0.2) is 26.2 Å². The van der Waals surface area contributed by atoms with Gasteiger partial charge in [-0.15, -0.1) is 0 Å². The van der Waals surface area contributed by atoms with Crippen molar-refractivity contribution in [3.8, 4) is 11.5 Å². The number of alkyl halides is 1. The van der Waals surface area contributed by atoms with Crippen LogP contribution < -0.4 is 9.47 Å². The number of ether oxygens (including phenoxy) is 3. The fraction of sp³-hybridized carbons (Fsp3) is 0.333. The second-order valence-electron chi connectivity index (χ2n) is 5.43. The van der Waals surface area contributed by atoms with E-state index in [0.717, 1.165) is 23.3 Å². The topological polar surface area (TPSA) is 27.7 Å². The summed E-state index contributed by atoms with van der Waals surface area (Å²) in [6, 6.07) is 11.9. The van der Waals surface area contributed by atoms with Crippen molar-refractivity contribution in [2.75, 3.05) is 26.2 Å². The summed E-state index contributed by atoms with van der Waals surface area (Å²) in [4.78, 5) is 0. The van der Waals surface area contributed by atoms with Crippen LogP contribution in [0.4, 0.5) is 0 Å². The Morgan fingerprint density at radius 3 is 2.39 bits per heavy atom. The molecule has 1 aliphatic heterocycles. The Morgan fingerprint density at radius 2 is 1.78 bits per heavy atom. The molecule has 0 saturated carbocycles. The van der Waals surface area contributed by atoms with E-state index >= 15 is 0 Å². The molecular formula is C18H18BrClO3. The number of hydrogen-bond acceptors (Lipinski definition) is 3. The minimum absolute atomic E-state index is 0.558. The van der Waals surface area contributed by atoms with Crippen molar-refractivity contribution in [3.05, 3.63) is 58.1 Å². The van der Waals surface area contributed by atoms with Gasteiger partial charge in [-0.2, -0.15) is 0 Å². The van der Waals surface area contributed by atoms with E-state index in [9.17, 15) is 0 Å². The number of halogens is 2. The lowest BCUT2D eigenvalue weighted by Gasteiger charge is -2.39. The zero-order valence-electron chi connectivity index (χ0n) is 13.1. The van der Waals surface area contributed by atoms with E-state index in [0.29, 0.717) is 22.7 Å². The summed E-state index contributed by atoms with van der Waals surface area (Å²) in [7, 11) is 3.30. The standard InChI is InChI=1S/C18H18BrClO3/c1-21-16-9-12-7-8-23-18(11-19,15(12)10-17(16)22-2)13-3-5-14(20)6-4-13/h3-6,9-10H,7-8,11H2,1-2H3. The quantitative estimate of drug-likeness (QED) is 0.707. The Bertz CT molecular complexity index is 702. The number of hydrogen-bond donors (Lipinski definition) is 0. The van der Waals surface area contributed by atoms with Crippen LogP contribution in [0.2, 0.25) is 5.02 Å². The van der Waals surface area contributed by atoms with Crippen molar-refractivity contribution in [2.45, 2.75) is 12.0 Å². The monoisotopic (exact) mass is 396 g/mol. The van der Waals surface area contributed by atoms with Crippen molar-refractivity contribution >= 4 is 27.5 Å². The molecule has 0 amide bonds. The largest absolute Gasteiger partial charge is 0.493 e. The Kier molecular flexibility index (Phi) is 4.85. The molecule has 1 atom stereocenters. The summed E-state index contributed by atoms with van der Waals surface area (Å²) >= 11 is 9.68. The Hall–Kier alpha value is -1.23. The maximum atomic E-state index is 6.25. The van der Waals surface area contributed by atoms with Gasteiger partial charge in [0.15, 0.2) is 11.5 Å². The van der Waals surface area contributed by atoms with Crippen LogP contribution in [-0.2, 0) is 16.8 Å². The van der Waals surface area contributed by atoms with E-state index in [1.54, 1.807) is 14.2 Å². The molecule has 0 N–H and O–H groups in total. The van der Waals surface area contributed by atoms with E-state index in [1.807, 2.05) is 36.4 Å². The molecule has 2 aromatic rings. The Balaban J connectivity index is 2.20. The van der Waals surface area contributed by atoms with Crippen molar-refractivity contribution in [3.63, 3.8) is 0 Å². The van der Waals surface area contributed by atoms with Crippen LogP contribution >= 0.6 is 27.5 Å². The van der Waals surface area contributed by atoms with Crippen LogP contribution in [0.15, 0.2) is 36.4 Å². The molecule has 122 valence electrons. The molecule has 0 aromatic heterocycles. The van der Waals surface area contributed by atoms with Crippen LogP contribution in [0.1, 0.15) is 16.7 Å². The number of fused-ring (bicyclic) bond motifs is 1. The van der Waals surface area contributed by atoms with Gasteiger partial charge in [0.05, 0.1) is 20.8 Å². The molecule has 0 spiro atoms. The molecule has 0 bridgehead atoms. The fourth-order valence-electron chi connectivity index (χ4n) is 3.06. The second-order valence-corrected chi connectivity index (χ2v) is 6.43. The lowest BCUT2D eigenvalue weighted by atomic mass is 9.82. The van der Waals surface area contributed by atoms with Gasteiger partial charge in [0.2, 0.25) is 0 Å². The summed E-state index contributed by atoms with van der Waals surface area (Å²) in [5.41, 5.74) is 2.81. The van der Waals surface area contributed by atoms with Gasteiger partial charge in [-0.25, -0.2) is 0 Å². The van der Waals surface area contributed by atoms with E-state index < -0.39 is 5.60 Å². The maximum absolute atomic E-state index is 6.25. The van der Waals surface area contributed by atoms with Crippen LogP contribution in [0, 0.1) is 0 Å². The Morgan fingerprint density at radius 1 is 1.13 bits per heavy atom. The SMILES string of the molecule is COc1cc2c(cc1OC)C(CBr)(c1ccc(Cl)cc1)OCC2. The van der Waals surface area contributed by atoms with Crippen LogP contribution in [0.25, 0.3) is 0 Å². The molecule has 2 aromatic carbocycles. The van der Waals surface area contributed by atoms with Crippen molar-refractivity contribution in [1.82, 2.24) is 0 Å². The van der Waals surface area contributed by atoms with Gasteiger partial charge in [0, 0.05) is 10.4 Å². The molecule has 0 radical (unpaired) electrons. The first kappa shape index (κ1) is 16.6. The molecule has 3 nitrogen and oxygen atoms in total. The van der Waals surface area contributed by atoms with Gasteiger partial charge >= 0.3 is 0 Å². The summed E-state index contributed by atoms with van der Waals surface area (Å²) in [6.07, 6.45) is 0.845. The minimum Gasteiger partial charge on any atom is -0.493 e. The molecule has 1 heterocycles. The maximum Gasteiger partial charge on any atom is 0.161 e. The third-order valence-corrected chi connectivity index (χ3v) is 5.30. The predicted octanol–water partition coefficient (Wildman–Crippen LogP) is 4.57. The second kappa shape index (κ2) is 6.71. The lowest BCUT2D eigenvalue weighted by molar-refractivity contribution is -0.00963. The van der Waals surface area contributed by atoms with Gasteiger partial charge in [-0.05, 0) is 47.4 Å². The van der Waals surface area contributed by atoms with Crippen LogP contribution in [0.5, 0.6) is 11.5 Å². The molecule has 0 saturated heterocycles. The number of methoxy groups -OCH3 is 2. The van der Waals surface area contributed by atoms with E-state index in [2.05, 4.69) is 15.9 Å². The number of rotatable bonds is 4. The molecule has 1 aliphatic rings. The molecular weight excluding hydrogens is 380 g/mol. The van der Waals surface area contributed by atoms with E-state index in [1.165, 1.54) is 5.56 Å². The molecule has 3 rings (SSSR count). The molecule has 0 aliphatic carbocycles. The summed E-state index contributed by atoms with van der Waals surface area (Å²) < 4.78 is 17.2. The van der Waals surface area contributed by atoms with Gasteiger partial charge < -0.3 is 14.2 Å². The minimum atomic E-state index is -0.558. The highest BCUT2D eigenvalue weighted by molar-refractivity contribution is 9.09. The first-order chi connectivity index (χ1) is 11.1. The van der Waals surface area contributed by atoms with Crippen molar-refractivity contribution in [1.29, 1.82) is 0 Å². The third-order valence-electron chi connectivity index (χ3n) is 4.26.